The van der Waals surface area contributed by atoms with Crippen LogP contribution in [0.25, 0.3) is 0 Å². The van der Waals surface area contributed by atoms with Gasteiger partial charge in [-0.2, -0.15) is 0 Å². The number of hydrogen-bond acceptors (Lipinski definition) is 19. The molecule has 0 saturated carbocycles. The summed E-state index contributed by atoms with van der Waals surface area (Å²) in [7, 11) is 0. The Morgan fingerprint density at radius 3 is 1.22 bits per heavy atom. The molecule has 11 atom stereocenters. The summed E-state index contributed by atoms with van der Waals surface area (Å²) in [5.74, 6) is -16.4. The maximum absolute atomic E-state index is 14.0. The molecule has 32 heteroatoms. The number of carbonyl (C=O) groups is 13. The van der Waals surface area contributed by atoms with Crippen LogP contribution in [0.3, 0.4) is 0 Å². The molecule has 0 aliphatic rings. The standard InChI is InChI=1S/C47H83N13O19/c1-22(2)18-30(42(73)55-29(47(78)79)13-15-35(67)68)56-43(74)31(19-33(51)64)57-45(76)36(23(3)4)59-41(72)28(12-14-34(65)66)54-46(77)37(24(5)63)60-40(71)27(11-7-9-17-49)52-39(70)26(10-6-8-16-48)53-44(75)32(21-62)58-38(69)25(50)20-61/h22-32,36-37,61-63H,6-21,48-50H2,1-5H3,(H2,51,64)(H,52,70)(H,53,75)(H,54,77)(H,55,73)(H,56,74)(H,57,76)(H,58,69)(H,59,72)(H,60,71)(H,65,66)(H,67,68)(H,78,79)/t24-,25+,26+,27+,28+,29+,30+,31+,32+,36+,37+/m1/s1. The predicted molar refractivity (Wildman–Crippen MR) is 276 cm³/mol. The molecule has 0 heterocycles. The number of carboxylic acid groups (broad SMARTS) is 3. The van der Waals surface area contributed by atoms with Gasteiger partial charge in [-0.3, -0.25) is 57.5 Å². The Bertz CT molecular complexity index is 2080. The number of unbranched alkanes of at least 4 members (excludes halogenated alkanes) is 2. The van der Waals surface area contributed by atoms with Crippen LogP contribution in [-0.4, -0.2) is 200 Å². The topological polar surface area (TPSA) is 556 Å². The van der Waals surface area contributed by atoms with Crippen LogP contribution >= 0.6 is 0 Å². The van der Waals surface area contributed by atoms with E-state index in [4.69, 9.17) is 28.0 Å². The van der Waals surface area contributed by atoms with Crippen molar-refractivity contribution in [3.05, 3.63) is 0 Å². The number of aliphatic hydroxyl groups excluding tert-OH is 3. The van der Waals surface area contributed by atoms with Crippen molar-refractivity contribution in [2.45, 2.75) is 178 Å². The van der Waals surface area contributed by atoms with Crippen LogP contribution in [0.15, 0.2) is 0 Å². The average Bonchev–Trinajstić information content (AvgIpc) is 3.36. The molecule has 10 amide bonds. The summed E-state index contributed by atoms with van der Waals surface area (Å²) in [5, 5.41) is 78.7. The lowest BCUT2D eigenvalue weighted by Crippen LogP contribution is -2.62. The maximum atomic E-state index is 14.0. The number of nitrogens with two attached hydrogens (primary N) is 4. The average molecular weight is 1130 g/mol. The van der Waals surface area contributed by atoms with Crippen LogP contribution in [0, 0.1) is 11.8 Å². The highest BCUT2D eigenvalue weighted by Crippen LogP contribution is 2.12. The summed E-state index contributed by atoms with van der Waals surface area (Å²) in [6.45, 7) is 5.87. The number of aliphatic carboxylic acids is 3. The first-order chi connectivity index (χ1) is 36.9. The fourth-order valence-corrected chi connectivity index (χ4v) is 7.31. The van der Waals surface area contributed by atoms with Crippen LogP contribution in [0.2, 0.25) is 0 Å². The minimum Gasteiger partial charge on any atom is -0.481 e. The number of hydrogen-bond donors (Lipinski definition) is 19. The molecule has 450 valence electrons. The molecule has 0 rings (SSSR count). The van der Waals surface area contributed by atoms with Gasteiger partial charge in [-0.25, -0.2) is 4.79 Å². The molecule has 0 aliphatic heterocycles. The van der Waals surface area contributed by atoms with Gasteiger partial charge in [-0.05, 0) is 89.6 Å². The Morgan fingerprint density at radius 1 is 0.430 bits per heavy atom. The van der Waals surface area contributed by atoms with Crippen molar-refractivity contribution < 1.29 is 93.0 Å². The maximum Gasteiger partial charge on any atom is 0.326 e. The van der Waals surface area contributed by atoms with E-state index in [2.05, 4.69) is 47.9 Å². The Hall–Kier alpha value is -7.13. The number of aliphatic hydroxyl groups is 3. The third kappa shape index (κ3) is 28.4. The number of carboxylic acids is 3. The SMILES string of the molecule is CC(C)C[C@H](NC(=O)[C@H](CC(N)=O)NC(=O)[C@@H](NC(=O)[C@H](CCC(=O)O)NC(=O)[C@@H](NC(=O)[C@H](CCCCN)NC(=O)[C@H](CCCCN)NC(=O)[C@H](CO)NC(=O)[C@@H](N)CO)[C@@H](C)O)C(C)C)C(=O)N[C@@H](CCC(=O)O)C(=O)O. The summed E-state index contributed by atoms with van der Waals surface area (Å²) >= 11 is 0. The third-order valence-corrected chi connectivity index (χ3v) is 11.7. The number of rotatable bonds is 41. The van der Waals surface area contributed by atoms with Gasteiger partial charge in [0.1, 0.15) is 60.4 Å². The van der Waals surface area contributed by atoms with Gasteiger partial charge in [-0.1, -0.05) is 27.7 Å². The second kappa shape index (κ2) is 37.6. The van der Waals surface area contributed by atoms with Crippen molar-refractivity contribution in [2.75, 3.05) is 26.3 Å². The zero-order chi connectivity index (χ0) is 60.7. The molecule has 32 nitrogen and oxygen atoms in total. The minimum absolute atomic E-state index is 0.0635. The highest BCUT2D eigenvalue weighted by Gasteiger charge is 2.38. The Kier molecular flexibility index (Phi) is 34.2. The Morgan fingerprint density at radius 2 is 0.797 bits per heavy atom. The van der Waals surface area contributed by atoms with Crippen LogP contribution in [0.5, 0.6) is 0 Å². The molecule has 79 heavy (non-hydrogen) atoms. The summed E-state index contributed by atoms with van der Waals surface area (Å²) < 4.78 is 0. The molecular weight excluding hydrogens is 1050 g/mol. The summed E-state index contributed by atoms with van der Waals surface area (Å²) in [6, 6.07) is -16.3. The van der Waals surface area contributed by atoms with Gasteiger partial charge in [0.25, 0.3) is 0 Å². The van der Waals surface area contributed by atoms with E-state index < -0.39 is 195 Å². The smallest absolute Gasteiger partial charge is 0.326 e. The zero-order valence-corrected chi connectivity index (χ0v) is 45.1. The molecule has 0 aromatic rings. The second-order valence-electron chi connectivity index (χ2n) is 19.4. The van der Waals surface area contributed by atoms with Gasteiger partial charge < -0.3 is 101 Å². The zero-order valence-electron chi connectivity index (χ0n) is 45.1. The van der Waals surface area contributed by atoms with Crippen LogP contribution in [0.4, 0.5) is 0 Å². The third-order valence-electron chi connectivity index (χ3n) is 11.7. The quantitative estimate of drug-likeness (QED) is 0.0253. The van der Waals surface area contributed by atoms with Crippen LogP contribution in [0.1, 0.15) is 112 Å². The van der Waals surface area contributed by atoms with Crippen molar-refractivity contribution in [3.63, 3.8) is 0 Å². The van der Waals surface area contributed by atoms with E-state index in [-0.39, 0.29) is 51.1 Å². The van der Waals surface area contributed by atoms with Gasteiger partial charge >= 0.3 is 17.9 Å². The van der Waals surface area contributed by atoms with Crippen LogP contribution < -0.4 is 70.8 Å². The van der Waals surface area contributed by atoms with E-state index in [0.29, 0.717) is 12.8 Å². The fourth-order valence-electron chi connectivity index (χ4n) is 7.31. The van der Waals surface area contributed by atoms with E-state index in [9.17, 15) is 87.9 Å². The van der Waals surface area contributed by atoms with Gasteiger partial charge in [-0.15, -0.1) is 0 Å². The molecular formula is C47H83N13O19. The fraction of sp³-hybridized carbons (Fsp3) is 0.723. The molecule has 0 radical (unpaired) electrons. The molecule has 0 aliphatic carbocycles. The number of primary amides is 1. The van der Waals surface area contributed by atoms with Crippen LogP contribution in [-0.2, 0) is 62.3 Å². The lowest BCUT2D eigenvalue weighted by molar-refractivity contribution is -0.144. The first-order valence-corrected chi connectivity index (χ1v) is 25.7. The van der Waals surface area contributed by atoms with Gasteiger partial charge in [0.05, 0.1) is 25.7 Å². The first kappa shape index (κ1) is 71.9. The Balaban J connectivity index is 6.73. The van der Waals surface area contributed by atoms with Crippen molar-refractivity contribution in [1.29, 1.82) is 0 Å². The van der Waals surface area contributed by atoms with E-state index in [1.165, 1.54) is 13.8 Å². The summed E-state index contributed by atoms with van der Waals surface area (Å²) in [6.07, 6.45) is -4.25. The lowest BCUT2D eigenvalue weighted by atomic mass is 10.00. The molecule has 23 N–H and O–H groups in total. The van der Waals surface area contributed by atoms with E-state index >= 15 is 0 Å². The van der Waals surface area contributed by atoms with E-state index in [1.54, 1.807) is 13.8 Å². The predicted octanol–water partition coefficient (Wildman–Crippen LogP) is -7.31. The molecule has 0 bridgehead atoms. The van der Waals surface area contributed by atoms with Gasteiger partial charge in [0, 0.05) is 12.8 Å². The molecule has 0 aromatic heterocycles. The normalized spacial score (nSPS) is 15.4. The highest BCUT2D eigenvalue weighted by atomic mass is 16.4. The highest BCUT2D eigenvalue weighted by molar-refractivity contribution is 5.99. The largest absolute Gasteiger partial charge is 0.481 e. The van der Waals surface area contributed by atoms with Crippen molar-refractivity contribution in [3.8, 4) is 0 Å². The number of amides is 10. The Labute approximate surface area is 456 Å². The number of nitrogens with one attached hydrogen (secondary N) is 9. The van der Waals surface area contributed by atoms with Gasteiger partial charge in [0.15, 0.2) is 0 Å². The lowest BCUT2D eigenvalue weighted by Gasteiger charge is -2.29. The molecule has 0 unspecified atom stereocenters. The molecule has 0 saturated heterocycles. The molecule has 0 fully saturated rings. The molecule has 0 aromatic carbocycles. The van der Waals surface area contributed by atoms with Gasteiger partial charge in [0.2, 0.25) is 59.1 Å². The van der Waals surface area contributed by atoms with E-state index in [0.717, 1.165) is 6.92 Å². The second-order valence-corrected chi connectivity index (χ2v) is 19.4. The first-order valence-electron chi connectivity index (χ1n) is 25.7. The van der Waals surface area contributed by atoms with Crippen molar-refractivity contribution in [2.24, 2.45) is 34.8 Å². The number of carbonyl (C=O) groups excluding carboxylic acids is 10. The van der Waals surface area contributed by atoms with Crippen molar-refractivity contribution in [1.82, 2.24) is 47.9 Å². The van der Waals surface area contributed by atoms with Crippen molar-refractivity contribution >= 4 is 77.0 Å². The monoisotopic (exact) mass is 1130 g/mol. The molecule has 0 spiro atoms. The minimum atomic E-state index is -1.92. The summed E-state index contributed by atoms with van der Waals surface area (Å²) in [4.78, 5) is 169. The summed E-state index contributed by atoms with van der Waals surface area (Å²) in [5.41, 5.74) is 22.2. The van der Waals surface area contributed by atoms with E-state index in [1.807, 2.05) is 0 Å².